The molecule has 2 aliphatic rings. The molecule has 0 atom stereocenters. The van der Waals surface area contributed by atoms with Gasteiger partial charge in [-0.3, -0.25) is 14.5 Å². The lowest BCUT2D eigenvalue weighted by molar-refractivity contribution is -0.133. The predicted octanol–water partition coefficient (Wildman–Crippen LogP) is 1.24. The molecule has 2 heterocycles. The van der Waals surface area contributed by atoms with E-state index in [2.05, 4.69) is 4.90 Å². The van der Waals surface area contributed by atoms with E-state index in [0.29, 0.717) is 43.9 Å². The van der Waals surface area contributed by atoms with Gasteiger partial charge >= 0.3 is 5.97 Å². The van der Waals surface area contributed by atoms with Crippen LogP contribution in [0, 0.1) is 0 Å². The number of likely N-dealkylation sites (tertiary alicyclic amines) is 1. The number of hydrogen-bond acceptors (Lipinski definition) is 5. The summed E-state index contributed by atoms with van der Waals surface area (Å²) >= 11 is 0. The Hall–Kier alpha value is -2.41. The standard InChI is InChI=1S/C20H27N3O4/c1-27-20(26)17-7-5-6-16(14-17)19(25)23-12-10-21(11-13-23)15-18(24)22-8-3-2-4-9-22/h5-7,14H,2-4,8-13,15H2,1H3. The summed E-state index contributed by atoms with van der Waals surface area (Å²) in [4.78, 5) is 42.6. The number of nitrogens with zero attached hydrogens (tertiary/aromatic N) is 3. The number of hydrogen-bond donors (Lipinski definition) is 0. The lowest BCUT2D eigenvalue weighted by atomic mass is 10.1. The minimum atomic E-state index is -0.453. The van der Waals surface area contributed by atoms with Crippen LogP contribution in [0.3, 0.4) is 0 Å². The minimum absolute atomic E-state index is 0.0947. The Morgan fingerprint density at radius 3 is 2.22 bits per heavy atom. The molecule has 0 aromatic heterocycles. The maximum absolute atomic E-state index is 12.7. The molecule has 0 unspecified atom stereocenters. The zero-order valence-electron chi connectivity index (χ0n) is 15.9. The molecule has 0 spiro atoms. The second-order valence-corrected chi connectivity index (χ2v) is 7.08. The Bertz CT molecular complexity index is 692. The highest BCUT2D eigenvalue weighted by molar-refractivity contribution is 5.98. The second-order valence-electron chi connectivity index (χ2n) is 7.08. The normalized spacial score (nSPS) is 18.3. The summed E-state index contributed by atoms with van der Waals surface area (Å²) < 4.78 is 4.71. The Morgan fingerprint density at radius 1 is 0.889 bits per heavy atom. The molecular formula is C20H27N3O4. The lowest BCUT2D eigenvalue weighted by Gasteiger charge is -2.36. The van der Waals surface area contributed by atoms with E-state index in [1.807, 2.05) is 4.90 Å². The molecule has 7 nitrogen and oxygen atoms in total. The van der Waals surface area contributed by atoms with Crippen molar-refractivity contribution in [3.05, 3.63) is 35.4 Å². The first-order valence-electron chi connectivity index (χ1n) is 9.56. The van der Waals surface area contributed by atoms with E-state index in [1.54, 1.807) is 29.2 Å². The fourth-order valence-corrected chi connectivity index (χ4v) is 3.62. The van der Waals surface area contributed by atoms with Crippen LogP contribution in [0.25, 0.3) is 0 Å². The van der Waals surface area contributed by atoms with Crippen LogP contribution in [0.1, 0.15) is 40.0 Å². The van der Waals surface area contributed by atoms with Crippen LogP contribution in [0.4, 0.5) is 0 Å². The maximum Gasteiger partial charge on any atom is 0.337 e. The van der Waals surface area contributed by atoms with Crippen molar-refractivity contribution in [3.8, 4) is 0 Å². The van der Waals surface area contributed by atoms with Gasteiger partial charge in [0.2, 0.25) is 5.91 Å². The molecule has 2 aliphatic heterocycles. The second kappa shape index (κ2) is 8.99. The molecule has 7 heteroatoms. The fourth-order valence-electron chi connectivity index (χ4n) is 3.62. The summed E-state index contributed by atoms with van der Waals surface area (Å²) in [6.45, 7) is 4.69. The SMILES string of the molecule is COC(=O)c1cccc(C(=O)N2CCN(CC(=O)N3CCCCC3)CC2)c1. The Labute approximate surface area is 159 Å². The van der Waals surface area contributed by atoms with Crippen LogP contribution < -0.4 is 0 Å². The van der Waals surface area contributed by atoms with Crippen LogP contribution in [0.2, 0.25) is 0 Å². The van der Waals surface area contributed by atoms with Gasteiger partial charge in [0.25, 0.3) is 5.91 Å². The first kappa shape index (κ1) is 19.4. The van der Waals surface area contributed by atoms with Crippen molar-refractivity contribution in [3.63, 3.8) is 0 Å². The number of amides is 2. The van der Waals surface area contributed by atoms with Gasteiger partial charge in [0.05, 0.1) is 19.2 Å². The van der Waals surface area contributed by atoms with E-state index in [9.17, 15) is 14.4 Å². The number of piperazine rings is 1. The van der Waals surface area contributed by atoms with E-state index < -0.39 is 5.97 Å². The molecule has 2 fully saturated rings. The largest absolute Gasteiger partial charge is 0.465 e. The molecule has 0 bridgehead atoms. The topological polar surface area (TPSA) is 70.2 Å². The summed E-state index contributed by atoms with van der Waals surface area (Å²) in [7, 11) is 1.32. The summed E-state index contributed by atoms with van der Waals surface area (Å²) in [6, 6.07) is 6.60. The van der Waals surface area contributed by atoms with Gasteiger partial charge in [-0.25, -0.2) is 4.79 Å². The van der Waals surface area contributed by atoms with Crippen molar-refractivity contribution in [1.82, 2.24) is 14.7 Å². The molecule has 27 heavy (non-hydrogen) atoms. The molecule has 0 N–H and O–H groups in total. The van der Waals surface area contributed by atoms with Gasteiger partial charge in [-0.05, 0) is 37.5 Å². The minimum Gasteiger partial charge on any atom is -0.465 e. The molecule has 0 saturated carbocycles. The van der Waals surface area contributed by atoms with Crippen LogP contribution in [0.5, 0.6) is 0 Å². The monoisotopic (exact) mass is 373 g/mol. The van der Waals surface area contributed by atoms with Crippen LogP contribution in [-0.2, 0) is 9.53 Å². The first-order valence-corrected chi connectivity index (χ1v) is 9.56. The highest BCUT2D eigenvalue weighted by Gasteiger charge is 2.25. The van der Waals surface area contributed by atoms with Crippen molar-refractivity contribution in [2.75, 3.05) is 52.9 Å². The van der Waals surface area contributed by atoms with Crippen LogP contribution in [-0.4, -0.2) is 85.4 Å². The molecule has 3 rings (SSSR count). The molecule has 146 valence electrons. The lowest BCUT2D eigenvalue weighted by Crippen LogP contribution is -2.52. The molecule has 1 aromatic rings. The third-order valence-corrected chi connectivity index (χ3v) is 5.26. The average molecular weight is 373 g/mol. The summed E-state index contributed by atoms with van der Waals surface area (Å²) in [5, 5.41) is 0. The molecule has 2 amide bonds. The maximum atomic E-state index is 12.7. The van der Waals surface area contributed by atoms with E-state index in [4.69, 9.17) is 4.74 Å². The van der Waals surface area contributed by atoms with Gasteiger partial charge in [0.15, 0.2) is 0 Å². The third kappa shape index (κ3) is 4.86. The van der Waals surface area contributed by atoms with Gasteiger partial charge in [0, 0.05) is 44.8 Å². The van der Waals surface area contributed by atoms with Gasteiger partial charge in [-0.2, -0.15) is 0 Å². The highest BCUT2D eigenvalue weighted by Crippen LogP contribution is 2.13. The Kier molecular flexibility index (Phi) is 6.45. The molecule has 0 radical (unpaired) electrons. The third-order valence-electron chi connectivity index (χ3n) is 5.26. The number of ether oxygens (including phenoxy) is 1. The van der Waals surface area contributed by atoms with E-state index in [1.165, 1.54) is 13.5 Å². The van der Waals surface area contributed by atoms with Gasteiger partial charge in [0.1, 0.15) is 0 Å². The zero-order valence-corrected chi connectivity index (χ0v) is 15.9. The van der Waals surface area contributed by atoms with Crippen LogP contribution in [0.15, 0.2) is 24.3 Å². The summed E-state index contributed by atoms with van der Waals surface area (Å²) in [5.41, 5.74) is 0.852. The quantitative estimate of drug-likeness (QED) is 0.743. The fraction of sp³-hybridized carbons (Fsp3) is 0.550. The number of methoxy groups -OCH3 is 1. The van der Waals surface area contributed by atoms with Crippen molar-refractivity contribution in [2.24, 2.45) is 0 Å². The van der Waals surface area contributed by atoms with E-state index >= 15 is 0 Å². The number of benzene rings is 1. The zero-order chi connectivity index (χ0) is 19.2. The number of carbonyl (C=O) groups is 3. The highest BCUT2D eigenvalue weighted by atomic mass is 16.5. The Balaban J connectivity index is 1.52. The summed E-state index contributed by atoms with van der Waals surface area (Å²) in [5.74, 6) is -0.353. The van der Waals surface area contributed by atoms with Crippen molar-refractivity contribution in [2.45, 2.75) is 19.3 Å². The molecule has 2 saturated heterocycles. The summed E-state index contributed by atoms with van der Waals surface area (Å²) in [6.07, 6.45) is 3.40. The van der Waals surface area contributed by atoms with Crippen molar-refractivity contribution < 1.29 is 19.1 Å². The van der Waals surface area contributed by atoms with Crippen LogP contribution >= 0.6 is 0 Å². The van der Waals surface area contributed by atoms with Gasteiger partial charge in [-0.15, -0.1) is 0 Å². The van der Waals surface area contributed by atoms with Gasteiger partial charge in [-0.1, -0.05) is 6.07 Å². The van der Waals surface area contributed by atoms with Crippen molar-refractivity contribution >= 4 is 17.8 Å². The van der Waals surface area contributed by atoms with E-state index in [-0.39, 0.29) is 11.8 Å². The van der Waals surface area contributed by atoms with Crippen molar-refractivity contribution in [1.29, 1.82) is 0 Å². The predicted molar refractivity (Wildman–Crippen MR) is 101 cm³/mol. The number of esters is 1. The first-order chi connectivity index (χ1) is 13.1. The molecule has 1 aromatic carbocycles. The molecular weight excluding hydrogens is 346 g/mol. The number of carbonyl (C=O) groups excluding carboxylic acids is 3. The Morgan fingerprint density at radius 2 is 1.56 bits per heavy atom. The van der Waals surface area contributed by atoms with E-state index in [0.717, 1.165) is 25.9 Å². The number of rotatable bonds is 4. The number of piperidine rings is 1. The smallest absolute Gasteiger partial charge is 0.337 e. The molecule has 0 aliphatic carbocycles. The van der Waals surface area contributed by atoms with Gasteiger partial charge < -0.3 is 14.5 Å². The average Bonchev–Trinajstić information content (AvgIpc) is 2.74.